The first-order valence-corrected chi connectivity index (χ1v) is 6.31. The molecule has 1 aromatic carbocycles. The van der Waals surface area contributed by atoms with Gasteiger partial charge in [0.05, 0.1) is 0 Å². The predicted molar refractivity (Wildman–Crippen MR) is 75.1 cm³/mol. The van der Waals surface area contributed by atoms with Crippen LogP contribution < -0.4 is 9.64 Å². The number of carbonyl (C=O) groups is 1. The van der Waals surface area contributed by atoms with Gasteiger partial charge in [0, 0.05) is 19.2 Å². The van der Waals surface area contributed by atoms with Crippen LogP contribution in [0.25, 0.3) is 0 Å². The Labute approximate surface area is 109 Å². The lowest BCUT2D eigenvalue weighted by Crippen LogP contribution is -2.29. The van der Waals surface area contributed by atoms with Crippen LogP contribution in [0, 0.1) is 0 Å². The summed E-state index contributed by atoms with van der Waals surface area (Å²) in [6.07, 6.45) is 3.79. The number of rotatable bonds is 7. The summed E-state index contributed by atoms with van der Waals surface area (Å²) in [4.78, 5) is 13.4. The standard InChI is InChI=1S/C15H21NO2/c1-4-6-11-16(13(3)17)14-7-9-15(10-8-14)18-12-5-2/h5,7-10H,2,4,6,11-12H2,1,3H3. The van der Waals surface area contributed by atoms with Gasteiger partial charge in [-0.2, -0.15) is 0 Å². The maximum atomic E-state index is 11.6. The largest absolute Gasteiger partial charge is 0.490 e. The van der Waals surface area contributed by atoms with E-state index in [-0.39, 0.29) is 5.91 Å². The number of ether oxygens (including phenoxy) is 1. The van der Waals surface area contributed by atoms with E-state index in [1.807, 2.05) is 24.3 Å². The number of nitrogens with zero attached hydrogens (tertiary/aromatic N) is 1. The van der Waals surface area contributed by atoms with Crippen LogP contribution in [0.15, 0.2) is 36.9 Å². The van der Waals surface area contributed by atoms with E-state index in [2.05, 4.69) is 13.5 Å². The zero-order valence-corrected chi connectivity index (χ0v) is 11.2. The number of hydrogen-bond donors (Lipinski definition) is 0. The third-order valence-corrected chi connectivity index (χ3v) is 2.63. The number of amides is 1. The summed E-state index contributed by atoms with van der Waals surface area (Å²) in [5.41, 5.74) is 0.918. The Hall–Kier alpha value is -1.77. The minimum absolute atomic E-state index is 0.0724. The summed E-state index contributed by atoms with van der Waals surface area (Å²) in [6, 6.07) is 7.58. The van der Waals surface area contributed by atoms with E-state index < -0.39 is 0 Å². The minimum atomic E-state index is 0.0724. The van der Waals surface area contributed by atoms with Crippen molar-refractivity contribution in [2.75, 3.05) is 18.1 Å². The summed E-state index contributed by atoms with van der Waals surface area (Å²) in [5, 5.41) is 0. The van der Waals surface area contributed by atoms with Gasteiger partial charge in [-0.05, 0) is 30.7 Å². The smallest absolute Gasteiger partial charge is 0.223 e. The van der Waals surface area contributed by atoms with Gasteiger partial charge in [0.15, 0.2) is 0 Å². The summed E-state index contributed by atoms with van der Waals surface area (Å²) < 4.78 is 5.41. The quantitative estimate of drug-likeness (QED) is 0.691. The topological polar surface area (TPSA) is 29.5 Å². The van der Waals surface area contributed by atoms with E-state index in [0.29, 0.717) is 6.61 Å². The number of benzene rings is 1. The average molecular weight is 247 g/mol. The zero-order chi connectivity index (χ0) is 13.4. The average Bonchev–Trinajstić information content (AvgIpc) is 2.38. The third kappa shape index (κ3) is 4.24. The predicted octanol–water partition coefficient (Wildman–Crippen LogP) is 3.40. The van der Waals surface area contributed by atoms with Crippen molar-refractivity contribution in [3.63, 3.8) is 0 Å². The van der Waals surface area contributed by atoms with Crippen molar-refractivity contribution in [3.05, 3.63) is 36.9 Å². The second-order valence-electron chi connectivity index (χ2n) is 4.12. The summed E-state index contributed by atoms with van der Waals surface area (Å²) in [6.45, 7) is 8.57. The van der Waals surface area contributed by atoms with Gasteiger partial charge in [0.1, 0.15) is 12.4 Å². The zero-order valence-electron chi connectivity index (χ0n) is 11.2. The molecular formula is C15H21NO2. The van der Waals surface area contributed by atoms with Crippen molar-refractivity contribution in [2.24, 2.45) is 0 Å². The van der Waals surface area contributed by atoms with E-state index in [9.17, 15) is 4.79 Å². The van der Waals surface area contributed by atoms with Crippen molar-refractivity contribution in [2.45, 2.75) is 26.7 Å². The van der Waals surface area contributed by atoms with Crippen LogP contribution in [0.3, 0.4) is 0 Å². The molecule has 0 aliphatic rings. The molecule has 0 aromatic heterocycles. The Balaban J connectivity index is 2.73. The van der Waals surface area contributed by atoms with Crippen molar-refractivity contribution < 1.29 is 9.53 Å². The van der Waals surface area contributed by atoms with E-state index in [1.54, 1.807) is 17.9 Å². The molecule has 1 rings (SSSR count). The summed E-state index contributed by atoms with van der Waals surface area (Å²) in [5.74, 6) is 0.862. The molecule has 0 radical (unpaired) electrons. The Bertz CT molecular complexity index is 384. The number of unbranched alkanes of at least 4 members (excludes halogenated alkanes) is 1. The highest BCUT2D eigenvalue weighted by molar-refractivity contribution is 5.91. The van der Waals surface area contributed by atoms with Crippen LogP contribution in [-0.4, -0.2) is 19.1 Å². The summed E-state index contributed by atoms with van der Waals surface area (Å²) >= 11 is 0. The minimum Gasteiger partial charge on any atom is -0.490 e. The van der Waals surface area contributed by atoms with Gasteiger partial charge in [0.2, 0.25) is 5.91 Å². The molecule has 0 bridgehead atoms. The van der Waals surface area contributed by atoms with Crippen LogP contribution in [0.5, 0.6) is 5.75 Å². The van der Waals surface area contributed by atoms with Crippen LogP contribution in [0.1, 0.15) is 26.7 Å². The molecule has 0 aliphatic carbocycles. The highest BCUT2D eigenvalue weighted by Crippen LogP contribution is 2.20. The molecule has 0 saturated heterocycles. The molecule has 0 aliphatic heterocycles. The molecular weight excluding hydrogens is 226 g/mol. The molecule has 3 heteroatoms. The van der Waals surface area contributed by atoms with Crippen LogP contribution in [-0.2, 0) is 4.79 Å². The van der Waals surface area contributed by atoms with Gasteiger partial charge in [-0.3, -0.25) is 4.79 Å². The number of hydrogen-bond acceptors (Lipinski definition) is 2. The molecule has 1 amide bonds. The lowest BCUT2D eigenvalue weighted by molar-refractivity contribution is -0.116. The molecule has 0 unspecified atom stereocenters. The Morgan fingerprint density at radius 2 is 2.06 bits per heavy atom. The first-order chi connectivity index (χ1) is 8.69. The highest BCUT2D eigenvalue weighted by Gasteiger charge is 2.10. The Morgan fingerprint density at radius 3 is 2.56 bits per heavy atom. The van der Waals surface area contributed by atoms with Crippen LogP contribution in [0.2, 0.25) is 0 Å². The maximum Gasteiger partial charge on any atom is 0.223 e. The molecule has 0 atom stereocenters. The monoisotopic (exact) mass is 247 g/mol. The van der Waals surface area contributed by atoms with Gasteiger partial charge < -0.3 is 9.64 Å². The molecule has 0 N–H and O–H groups in total. The second-order valence-corrected chi connectivity index (χ2v) is 4.12. The fourth-order valence-electron chi connectivity index (χ4n) is 1.66. The number of anilines is 1. The molecule has 0 fully saturated rings. The maximum absolute atomic E-state index is 11.6. The third-order valence-electron chi connectivity index (χ3n) is 2.63. The second kappa shape index (κ2) is 7.54. The Morgan fingerprint density at radius 1 is 1.39 bits per heavy atom. The van der Waals surface area contributed by atoms with Gasteiger partial charge in [-0.1, -0.05) is 26.0 Å². The first kappa shape index (κ1) is 14.3. The van der Waals surface area contributed by atoms with Gasteiger partial charge in [-0.25, -0.2) is 0 Å². The SMILES string of the molecule is C=CCOc1ccc(N(CCCC)C(C)=O)cc1. The molecule has 0 heterocycles. The highest BCUT2D eigenvalue weighted by atomic mass is 16.5. The van der Waals surface area contributed by atoms with Crippen LogP contribution in [0.4, 0.5) is 5.69 Å². The van der Waals surface area contributed by atoms with Gasteiger partial charge in [0.25, 0.3) is 0 Å². The van der Waals surface area contributed by atoms with Gasteiger partial charge in [-0.15, -0.1) is 0 Å². The lowest BCUT2D eigenvalue weighted by Gasteiger charge is -2.21. The van der Waals surface area contributed by atoms with E-state index >= 15 is 0 Å². The molecule has 18 heavy (non-hydrogen) atoms. The summed E-state index contributed by atoms with van der Waals surface area (Å²) in [7, 11) is 0. The van der Waals surface area contributed by atoms with Crippen molar-refractivity contribution in [3.8, 4) is 5.75 Å². The van der Waals surface area contributed by atoms with Crippen molar-refractivity contribution in [1.29, 1.82) is 0 Å². The lowest BCUT2D eigenvalue weighted by atomic mass is 10.2. The molecule has 0 spiro atoms. The normalized spacial score (nSPS) is 9.89. The fourth-order valence-corrected chi connectivity index (χ4v) is 1.66. The molecule has 3 nitrogen and oxygen atoms in total. The van der Waals surface area contributed by atoms with Crippen molar-refractivity contribution in [1.82, 2.24) is 0 Å². The Kier molecular flexibility index (Phi) is 5.98. The van der Waals surface area contributed by atoms with E-state index in [4.69, 9.17) is 4.74 Å². The van der Waals surface area contributed by atoms with Gasteiger partial charge >= 0.3 is 0 Å². The fraction of sp³-hybridized carbons (Fsp3) is 0.400. The van der Waals surface area contributed by atoms with Crippen LogP contribution >= 0.6 is 0 Å². The molecule has 0 saturated carbocycles. The van der Waals surface area contributed by atoms with Crippen molar-refractivity contribution >= 4 is 11.6 Å². The van der Waals surface area contributed by atoms with E-state index in [0.717, 1.165) is 30.8 Å². The molecule has 1 aromatic rings. The first-order valence-electron chi connectivity index (χ1n) is 6.31. The van der Waals surface area contributed by atoms with E-state index in [1.165, 1.54) is 0 Å². The molecule has 98 valence electrons. The number of carbonyl (C=O) groups excluding carboxylic acids is 1.